The van der Waals surface area contributed by atoms with Crippen molar-refractivity contribution in [3.63, 3.8) is 0 Å². The van der Waals surface area contributed by atoms with E-state index >= 15 is 8.78 Å². The maximum Gasteiger partial charge on any atom is 0.242 e. The van der Waals surface area contributed by atoms with Crippen LogP contribution in [-0.4, -0.2) is 38.6 Å². The van der Waals surface area contributed by atoms with Crippen LogP contribution in [0.3, 0.4) is 0 Å². The Kier molecular flexibility index (Phi) is 8.47. The first-order chi connectivity index (χ1) is 20.4. The lowest BCUT2D eigenvalue weighted by atomic mass is 9.62. The molecule has 0 aliphatic carbocycles. The normalized spacial score (nSPS) is 21.9. The van der Waals surface area contributed by atoms with Crippen LogP contribution in [0.2, 0.25) is 15.1 Å². The van der Waals surface area contributed by atoms with Crippen molar-refractivity contribution in [1.29, 1.82) is 5.26 Å². The number of rotatable bonds is 6. The van der Waals surface area contributed by atoms with E-state index in [9.17, 15) is 10.1 Å². The average Bonchev–Trinajstić information content (AvgIpc) is 3.57. The number of hydrogen-bond acceptors (Lipinski definition) is 6. The zero-order valence-electron chi connectivity index (χ0n) is 23.2. The van der Waals surface area contributed by atoms with E-state index in [1.54, 1.807) is 12.1 Å². The van der Waals surface area contributed by atoms with Gasteiger partial charge in [-0.1, -0.05) is 73.8 Å². The van der Waals surface area contributed by atoms with Crippen molar-refractivity contribution in [3.8, 4) is 17.5 Å². The number of nitriles is 1. The Morgan fingerprint density at radius 2 is 1.86 bits per heavy atom. The van der Waals surface area contributed by atoms with Crippen LogP contribution in [0.15, 0.2) is 54.6 Å². The van der Waals surface area contributed by atoms with E-state index in [0.29, 0.717) is 17.7 Å². The third-order valence-corrected chi connectivity index (χ3v) is 8.39. The number of aromatic nitrogens is 4. The van der Waals surface area contributed by atoms with Gasteiger partial charge in [0, 0.05) is 33.8 Å². The molecule has 13 heteroatoms. The molecule has 2 heterocycles. The number of nitrogens with one attached hydrogen (secondary N) is 3. The molecule has 1 aliphatic rings. The van der Waals surface area contributed by atoms with Gasteiger partial charge < -0.3 is 10.6 Å². The van der Waals surface area contributed by atoms with Crippen LogP contribution in [0.4, 0.5) is 14.5 Å². The van der Waals surface area contributed by atoms with Gasteiger partial charge in [-0.15, -0.1) is 10.2 Å². The first kappa shape index (κ1) is 30.8. The number of halogens is 5. The molecule has 1 saturated heterocycles. The standard InChI is InChI=1S/C30H26Cl3F2N7O/c1-29(2,3)13-23-30(14-36,19-10-7-15(31)11-22(19)34)24(18-5-4-6-20(32)25(18)35)26(38-23)28(43)37-16-8-9-17(21(33)12-16)27-39-41-42-40-27/h4-12,23-24,26,38H,13H2,1-3H3,(H,37,43)(H,39,40,41,42)/t23-,24-,26+,30-/m0/s1. The van der Waals surface area contributed by atoms with Crippen LogP contribution < -0.4 is 10.6 Å². The maximum atomic E-state index is 15.8. The predicted molar refractivity (Wildman–Crippen MR) is 161 cm³/mol. The van der Waals surface area contributed by atoms with Crippen molar-refractivity contribution in [1.82, 2.24) is 25.9 Å². The summed E-state index contributed by atoms with van der Waals surface area (Å²) in [5.41, 5.74) is -1.31. The van der Waals surface area contributed by atoms with Crippen molar-refractivity contribution in [3.05, 3.63) is 92.4 Å². The third kappa shape index (κ3) is 5.83. The van der Waals surface area contributed by atoms with E-state index in [2.05, 4.69) is 37.3 Å². The fraction of sp³-hybridized carbons (Fsp3) is 0.300. The quantitative estimate of drug-likeness (QED) is 0.207. The number of amides is 1. The number of carbonyl (C=O) groups excluding carboxylic acids is 1. The Morgan fingerprint density at radius 1 is 1.09 bits per heavy atom. The zero-order valence-corrected chi connectivity index (χ0v) is 25.5. The molecule has 0 spiro atoms. The van der Waals surface area contributed by atoms with Crippen LogP contribution in [0.1, 0.15) is 44.2 Å². The van der Waals surface area contributed by atoms with Crippen molar-refractivity contribution in [2.75, 3.05) is 5.32 Å². The highest BCUT2D eigenvalue weighted by Crippen LogP contribution is 2.53. The summed E-state index contributed by atoms with van der Waals surface area (Å²) < 4.78 is 31.6. The Balaban J connectivity index is 1.65. The van der Waals surface area contributed by atoms with Crippen molar-refractivity contribution in [2.24, 2.45) is 5.41 Å². The lowest BCUT2D eigenvalue weighted by molar-refractivity contribution is -0.118. The minimum atomic E-state index is -1.74. The minimum absolute atomic E-state index is 0.00190. The summed E-state index contributed by atoms with van der Waals surface area (Å²) in [6.45, 7) is 5.89. The van der Waals surface area contributed by atoms with Crippen LogP contribution in [0.25, 0.3) is 11.4 Å². The molecule has 222 valence electrons. The molecule has 0 bridgehead atoms. The van der Waals surface area contributed by atoms with Crippen LogP contribution >= 0.6 is 34.8 Å². The Bertz CT molecular complexity index is 1720. The van der Waals surface area contributed by atoms with Crippen LogP contribution in [0.5, 0.6) is 0 Å². The van der Waals surface area contributed by atoms with Gasteiger partial charge in [-0.05, 0) is 59.0 Å². The summed E-state index contributed by atoms with van der Waals surface area (Å²) in [7, 11) is 0. The number of nitrogens with zero attached hydrogens (tertiary/aromatic N) is 4. The highest BCUT2D eigenvalue weighted by molar-refractivity contribution is 6.33. The minimum Gasteiger partial charge on any atom is -0.325 e. The van der Waals surface area contributed by atoms with Crippen molar-refractivity contribution >= 4 is 46.4 Å². The molecule has 8 nitrogen and oxygen atoms in total. The summed E-state index contributed by atoms with van der Waals surface area (Å²) in [6, 6.07) is 13.4. The summed E-state index contributed by atoms with van der Waals surface area (Å²) >= 11 is 18.7. The van der Waals surface area contributed by atoms with E-state index in [1.807, 2.05) is 20.8 Å². The molecule has 0 saturated carbocycles. The van der Waals surface area contributed by atoms with Gasteiger partial charge in [0.2, 0.25) is 11.7 Å². The summed E-state index contributed by atoms with van der Waals surface area (Å²) in [6.07, 6.45) is 0.344. The van der Waals surface area contributed by atoms with Gasteiger partial charge in [-0.2, -0.15) is 10.5 Å². The fourth-order valence-corrected chi connectivity index (χ4v) is 6.43. The SMILES string of the molecule is CC(C)(C)C[C@@H]1N[C@@H](C(=O)Nc2ccc(-c3nn[nH]n3)c(Cl)c2)[C@H](c2cccc(Cl)c2F)[C@@]1(C#N)c1ccc(Cl)cc1F. The molecule has 1 fully saturated rings. The number of H-pyrrole nitrogens is 1. The average molecular weight is 645 g/mol. The van der Waals surface area contributed by atoms with Gasteiger partial charge in [0.15, 0.2) is 0 Å². The van der Waals surface area contributed by atoms with E-state index in [1.165, 1.54) is 36.4 Å². The van der Waals surface area contributed by atoms with Crippen molar-refractivity contribution in [2.45, 2.75) is 50.6 Å². The molecule has 4 atom stereocenters. The van der Waals surface area contributed by atoms with Gasteiger partial charge in [0.25, 0.3) is 0 Å². The predicted octanol–water partition coefficient (Wildman–Crippen LogP) is 7.07. The smallest absolute Gasteiger partial charge is 0.242 e. The molecule has 1 amide bonds. The second kappa shape index (κ2) is 11.8. The van der Waals surface area contributed by atoms with Gasteiger partial charge >= 0.3 is 0 Å². The summed E-state index contributed by atoms with van der Waals surface area (Å²) in [5.74, 6) is -3.06. The molecule has 3 aromatic carbocycles. The van der Waals surface area contributed by atoms with E-state index in [4.69, 9.17) is 34.8 Å². The van der Waals surface area contributed by atoms with Gasteiger partial charge in [-0.25, -0.2) is 8.78 Å². The monoisotopic (exact) mass is 643 g/mol. The Morgan fingerprint density at radius 3 is 2.49 bits per heavy atom. The molecule has 3 N–H and O–H groups in total. The molecular weight excluding hydrogens is 619 g/mol. The van der Waals surface area contributed by atoms with Gasteiger partial charge in [0.1, 0.15) is 17.0 Å². The van der Waals surface area contributed by atoms with Crippen molar-refractivity contribution < 1.29 is 13.6 Å². The number of hydrogen-bond donors (Lipinski definition) is 3. The number of benzene rings is 3. The largest absolute Gasteiger partial charge is 0.325 e. The molecule has 0 radical (unpaired) electrons. The lowest BCUT2D eigenvalue weighted by Gasteiger charge is -2.37. The van der Waals surface area contributed by atoms with Gasteiger partial charge in [-0.3, -0.25) is 4.79 Å². The molecule has 1 aliphatic heterocycles. The van der Waals surface area contributed by atoms with E-state index < -0.39 is 41.0 Å². The number of carbonyl (C=O) groups is 1. The molecule has 43 heavy (non-hydrogen) atoms. The molecule has 4 aromatic rings. The Labute approximate surface area is 261 Å². The zero-order chi connectivity index (χ0) is 31.1. The molecule has 0 unspecified atom stereocenters. The fourth-order valence-electron chi connectivity index (χ4n) is 5.83. The highest BCUT2D eigenvalue weighted by Gasteiger charge is 2.61. The van der Waals surface area contributed by atoms with Crippen LogP contribution in [-0.2, 0) is 10.2 Å². The molecule has 5 rings (SSSR count). The van der Waals surface area contributed by atoms with Crippen LogP contribution in [0, 0.1) is 28.4 Å². The first-order valence-corrected chi connectivity index (χ1v) is 14.4. The number of tetrazole rings is 1. The van der Waals surface area contributed by atoms with Gasteiger partial charge in [0.05, 0.1) is 22.2 Å². The Hall–Kier alpha value is -3.62. The summed E-state index contributed by atoms with van der Waals surface area (Å²) in [5, 5.41) is 31.0. The maximum absolute atomic E-state index is 15.8. The second-order valence-electron chi connectivity index (χ2n) is 11.6. The summed E-state index contributed by atoms with van der Waals surface area (Å²) in [4.78, 5) is 14.1. The number of aromatic amines is 1. The molecular formula is C30H26Cl3F2N7O. The highest BCUT2D eigenvalue weighted by atomic mass is 35.5. The molecule has 1 aromatic heterocycles. The van der Waals surface area contributed by atoms with E-state index in [-0.39, 0.29) is 37.4 Å². The van der Waals surface area contributed by atoms with E-state index in [0.717, 1.165) is 6.07 Å². The topological polar surface area (TPSA) is 119 Å². The first-order valence-electron chi connectivity index (χ1n) is 13.3. The second-order valence-corrected chi connectivity index (χ2v) is 12.9. The lowest BCUT2D eigenvalue weighted by Crippen LogP contribution is -2.45. The third-order valence-electron chi connectivity index (χ3n) is 7.55. The number of anilines is 1.